The summed E-state index contributed by atoms with van der Waals surface area (Å²) in [5.41, 5.74) is 5.24. The van der Waals surface area contributed by atoms with Gasteiger partial charge < -0.3 is 9.84 Å². The average Bonchev–Trinajstić information content (AvgIpc) is 3.63. The second kappa shape index (κ2) is 8.83. The van der Waals surface area contributed by atoms with Gasteiger partial charge in [0.1, 0.15) is 17.7 Å². The van der Waals surface area contributed by atoms with E-state index in [4.69, 9.17) is 16.3 Å². The predicted molar refractivity (Wildman–Crippen MR) is 127 cm³/mol. The van der Waals surface area contributed by atoms with E-state index in [0.29, 0.717) is 22.9 Å². The molecule has 1 heterocycles. The van der Waals surface area contributed by atoms with Gasteiger partial charge in [-0.1, -0.05) is 47.5 Å². The number of halogens is 2. The van der Waals surface area contributed by atoms with Gasteiger partial charge in [-0.2, -0.15) is 0 Å². The summed E-state index contributed by atoms with van der Waals surface area (Å²) in [5, 5.41) is 9.93. The zero-order chi connectivity index (χ0) is 23.1. The summed E-state index contributed by atoms with van der Waals surface area (Å²) in [5.74, 6) is 0.0875. The fourth-order valence-corrected chi connectivity index (χ4v) is 5.12. The van der Waals surface area contributed by atoms with E-state index >= 15 is 4.39 Å². The molecule has 0 bridgehead atoms. The van der Waals surface area contributed by atoms with Gasteiger partial charge in [0.15, 0.2) is 0 Å². The van der Waals surface area contributed by atoms with Gasteiger partial charge in [-0.15, -0.1) is 0 Å². The zero-order valence-electron chi connectivity index (χ0n) is 18.5. The molecule has 3 nitrogen and oxygen atoms in total. The van der Waals surface area contributed by atoms with Crippen LogP contribution in [0, 0.1) is 18.7 Å². The number of hydrogen-bond donors (Lipinski definition) is 1. The number of hydrogen-bond acceptors (Lipinski definition) is 2. The van der Waals surface area contributed by atoms with Crippen molar-refractivity contribution in [2.45, 2.75) is 51.0 Å². The van der Waals surface area contributed by atoms with Crippen molar-refractivity contribution < 1.29 is 19.0 Å². The molecule has 0 spiro atoms. The monoisotopic (exact) mass is 464 g/mol. The molecular formula is C28H26ClFO3. The summed E-state index contributed by atoms with van der Waals surface area (Å²) >= 11 is 6.34. The van der Waals surface area contributed by atoms with E-state index in [0.717, 1.165) is 52.8 Å². The van der Waals surface area contributed by atoms with Crippen molar-refractivity contribution >= 4 is 17.6 Å². The maximum Gasteiger partial charge on any atom is 0.303 e. The third-order valence-electron chi connectivity index (χ3n) is 6.83. The number of ether oxygens (including phenoxy) is 1. The lowest BCUT2D eigenvalue weighted by Gasteiger charge is -2.28. The number of carboxylic acids is 1. The zero-order valence-corrected chi connectivity index (χ0v) is 19.2. The van der Waals surface area contributed by atoms with Crippen LogP contribution in [0.5, 0.6) is 5.75 Å². The largest absolute Gasteiger partial charge is 0.485 e. The van der Waals surface area contributed by atoms with Crippen LogP contribution in [0.25, 0.3) is 11.1 Å². The standard InChI is InChI=1S/C28H26ClFO3/c1-16-2-10-24(29)23(12-16)19-7-9-21(25(30)13-19)26-11-8-18-5-6-20(14-27(18)33-26)22(15-28(31)32)17-3-4-17/h2,5-7,9-10,12-14,17,22,26H,3-4,8,11,15H2,1H3,(H,31,32). The molecule has 5 heteroatoms. The molecule has 0 saturated heterocycles. The highest BCUT2D eigenvalue weighted by atomic mass is 35.5. The molecule has 1 aliphatic heterocycles. The van der Waals surface area contributed by atoms with E-state index in [1.54, 1.807) is 6.07 Å². The minimum Gasteiger partial charge on any atom is -0.485 e. The molecular weight excluding hydrogens is 439 g/mol. The lowest BCUT2D eigenvalue weighted by atomic mass is 9.88. The van der Waals surface area contributed by atoms with Crippen LogP contribution in [0.1, 0.15) is 60.0 Å². The summed E-state index contributed by atoms with van der Waals surface area (Å²) in [6.07, 6.45) is 3.37. The fourth-order valence-electron chi connectivity index (χ4n) is 4.90. The van der Waals surface area contributed by atoms with E-state index in [-0.39, 0.29) is 24.3 Å². The number of rotatable bonds is 6. The number of benzene rings is 3. The minimum atomic E-state index is -0.778. The van der Waals surface area contributed by atoms with Gasteiger partial charge in [-0.05, 0) is 85.4 Å². The van der Waals surface area contributed by atoms with Crippen LogP contribution in [0.4, 0.5) is 4.39 Å². The fraction of sp³-hybridized carbons (Fsp3) is 0.321. The lowest BCUT2D eigenvalue weighted by Crippen LogP contribution is -2.17. The Morgan fingerprint density at radius 2 is 1.94 bits per heavy atom. The average molecular weight is 465 g/mol. The first kappa shape index (κ1) is 22.0. The Labute approximate surface area is 198 Å². The smallest absolute Gasteiger partial charge is 0.303 e. The molecule has 0 aromatic heterocycles. The van der Waals surface area contributed by atoms with Crippen LogP contribution in [-0.4, -0.2) is 11.1 Å². The Kier molecular flexibility index (Phi) is 5.88. The molecule has 3 aromatic carbocycles. The Morgan fingerprint density at radius 3 is 2.67 bits per heavy atom. The third kappa shape index (κ3) is 4.63. The predicted octanol–water partition coefficient (Wildman–Crippen LogP) is 7.49. The molecule has 5 rings (SSSR count). The van der Waals surface area contributed by atoms with E-state index in [1.165, 1.54) is 6.07 Å². The molecule has 1 saturated carbocycles. The molecule has 0 radical (unpaired) electrons. The third-order valence-corrected chi connectivity index (χ3v) is 7.16. The second-order valence-electron chi connectivity index (χ2n) is 9.27. The summed E-state index contributed by atoms with van der Waals surface area (Å²) in [4.78, 5) is 11.4. The molecule has 33 heavy (non-hydrogen) atoms. The molecule has 1 aliphatic carbocycles. The molecule has 1 N–H and O–H groups in total. The Morgan fingerprint density at radius 1 is 1.12 bits per heavy atom. The highest BCUT2D eigenvalue weighted by Crippen LogP contribution is 2.46. The first-order valence-electron chi connectivity index (χ1n) is 11.5. The van der Waals surface area contributed by atoms with E-state index in [2.05, 4.69) is 0 Å². The molecule has 170 valence electrons. The molecule has 3 aromatic rings. The molecule has 0 amide bonds. The SMILES string of the molecule is Cc1ccc(Cl)c(-c2ccc(C3CCc4ccc(C(CC(=O)O)C5CC5)cc4O3)c(F)c2)c1. The van der Waals surface area contributed by atoms with Gasteiger partial charge >= 0.3 is 5.97 Å². The normalized spacial score (nSPS) is 18.3. The highest BCUT2D eigenvalue weighted by molar-refractivity contribution is 6.33. The number of fused-ring (bicyclic) bond motifs is 1. The van der Waals surface area contributed by atoms with Gasteiger partial charge in [0, 0.05) is 16.1 Å². The number of aliphatic carboxylic acids is 1. The Hall–Kier alpha value is -2.85. The molecule has 1 fully saturated rings. The van der Waals surface area contributed by atoms with E-state index < -0.39 is 5.97 Å². The van der Waals surface area contributed by atoms with Gasteiger partial charge in [-0.3, -0.25) is 4.79 Å². The molecule has 2 aliphatic rings. The summed E-state index contributed by atoms with van der Waals surface area (Å²) in [7, 11) is 0. The minimum absolute atomic E-state index is 0.00636. The summed E-state index contributed by atoms with van der Waals surface area (Å²) in [6.45, 7) is 1.98. The maximum atomic E-state index is 15.2. The molecule has 2 unspecified atom stereocenters. The number of carboxylic acid groups (broad SMARTS) is 1. The van der Waals surface area contributed by atoms with Gasteiger partial charge in [0.05, 0.1) is 6.42 Å². The van der Waals surface area contributed by atoms with Crippen LogP contribution in [0.15, 0.2) is 54.6 Å². The van der Waals surface area contributed by atoms with Crippen LogP contribution < -0.4 is 4.74 Å². The van der Waals surface area contributed by atoms with Crippen LogP contribution in [-0.2, 0) is 11.2 Å². The van der Waals surface area contributed by atoms with Crippen molar-refractivity contribution in [2.24, 2.45) is 5.92 Å². The van der Waals surface area contributed by atoms with Gasteiger partial charge in [-0.25, -0.2) is 4.39 Å². The first-order valence-corrected chi connectivity index (χ1v) is 11.8. The highest BCUT2D eigenvalue weighted by Gasteiger charge is 2.34. The molecule has 2 atom stereocenters. The Balaban J connectivity index is 1.40. The van der Waals surface area contributed by atoms with Crippen LogP contribution in [0.3, 0.4) is 0 Å². The second-order valence-corrected chi connectivity index (χ2v) is 9.68. The van der Waals surface area contributed by atoms with Gasteiger partial charge in [0.2, 0.25) is 0 Å². The quantitative estimate of drug-likeness (QED) is 0.411. The van der Waals surface area contributed by atoms with Crippen molar-refractivity contribution in [2.75, 3.05) is 0 Å². The van der Waals surface area contributed by atoms with E-state index in [1.807, 2.05) is 49.4 Å². The maximum absolute atomic E-state index is 15.2. The van der Waals surface area contributed by atoms with Crippen molar-refractivity contribution in [1.82, 2.24) is 0 Å². The number of aryl methyl sites for hydroxylation is 2. The van der Waals surface area contributed by atoms with Crippen LogP contribution >= 0.6 is 11.6 Å². The number of carbonyl (C=O) groups is 1. The van der Waals surface area contributed by atoms with Gasteiger partial charge in [0.25, 0.3) is 0 Å². The summed E-state index contributed by atoms with van der Waals surface area (Å²) < 4.78 is 21.5. The van der Waals surface area contributed by atoms with Crippen LogP contribution in [0.2, 0.25) is 5.02 Å². The Bertz CT molecular complexity index is 1220. The summed E-state index contributed by atoms with van der Waals surface area (Å²) in [6, 6.07) is 17.0. The van der Waals surface area contributed by atoms with Crippen molar-refractivity contribution in [3.05, 3.63) is 87.7 Å². The lowest BCUT2D eigenvalue weighted by molar-refractivity contribution is -0.137. The van der Waals surface area contributed by atoms with Crippen molar-refractivity contribution in [3.63, 3.8) is 0 Å². The van der Waals surface area contributed by atoms with Crippen molar-refractivity contribution in [1.29, 1.82) is 0 Å². The van der Waals surface area contributed by atoms with Crippen molar-refractivity contribution in [3.8, 4) is 16.9 Å². The topological polar surface area (TPSA) is 46.5 Å². The van der Waals surface area contributed by atoms with E-state index in [9.17, 15) is 9.90 Å². The first-order chi connectivity index (χ1) is 15.9.